The Kier molecular flexibility index (Phi) is 2.90. The van der Waals surface area contributed by atoms with Crippen molar-refractivity contribution in [3.05, 3.63) is 12.3 Å². The van der Waals surface area contributed by atoms with Gasteiger partial charge >= 0.3 is 5.97 Å². The second-order valence-electron chi connectivity index (χ2n) is 1.09. The molecule has 5 heteroatoms. The Hall–Kier alpha value is -0.813. The minimum absolute atomic E-state index is 0.139. The first-order valence-corrected chi connectivity index (χ1v) is 2.71. The van der Waals surface area contributed by atoms with Crippen LogP contribution in [0.15, 0.2) is 12.3 Å². The lowest BCUT2D eigenvalue weighted by Crippen LogP contribution is -2.17. The number of carboxylic acid groups (broad SMARTS) is 1. The number of hydrogen-bond donors (Lipinski definition) is 2. The molecule has 0 rings (SSSR count). The molecule has 0 amide bonds. The van der Waals surface area contributed by atoms with Gasteiger partial charge < -0.3 is 9.63 Å². The van der Waals surface area contributed by atoms with Crippen molar-refractivity contribution in [3.63, 3.8) is 0 Å². The first-order chi connectivity index (χ1) is 3.68. The van der Waals surface area contributed by atoms with E-state index in [1.54, 1.807) is 0 Å². The maximum absolute atomic E-state index is 9.86. The molecule has 0 aromatic carbocycles. The number of hydrogen-bond acceptors (Lipinski definition) is 3. The van der Waals surface area contributed by atoms with Gasteiger partial charge in [-0.3, -0.25) is 5.48 Å². The Morgan fingerprint density at radius 3 is 2.50 bits per heavy atom. The van der Waals surface area contributed by atoms with E-state index in [1.807, 2.05) is 0 Å². The molecule has 8 heavy (non-hydrogen) atoms. The monoisotopic (exact) mass is 133 g/mol. The van der Waals surface area contributed by atoms with E-state index in [9.17, 15) is 4.79 Å². The van der Waals surface area contributed by atoms with Gasteiger partial charge in [0.15, 0.2) is 10.5 Å². The Morgan fingerprint density at radius 1 is 1.88 bits per heavy atom. The molecule has 0 radical (unpaired) electrons. The van der Waals surface area contributed by atoms with Crippen LogP contribution in [-0.2, 0) is 9.32 Å². The van der Waals surface area contributed by atoms with Crippen molar-refractivity contribution in [2.75, 3.05) is 0 Å². The first-order valence-electron chi connectivity index (χ1n) is 1.89. The van der Waals surface area contributed by atoms with Crippen molar-refractivity contribution in [3.8, 4) is 0 Å². The Bertz CT molecular complexity index is 113. The normalized spacial score (nSPS) is 8.50. The third-order valence-corrected chi connectivity index (χ3v) is 0.688. The SMILES string of the molecule is C=C(NO[SiH3])C(=O)O. The molecule has 0 unspecified atom stereocenters. The van der Waals surface area contributed by atoms with Crippen LogP contribution in [0, 0.1) is 0 Å². The first kappa shape index (κ1) is 7.19. The van der Waals surface area contributed by atoms with Gasteiger partial charge in [-0.15, -0.1) is 0 Å². The molecule has 0 saturated carbocycles. The highest BCUT2D eigenvalue weighted by atomic mass is 28.2. The Labute approximate surface area is 49.6 Å². The van der Waals surface area contributed by atoms with Crippen LogP contribution in [0.4, 0.5) is 0 Å². The number of carboxylic acids is 1. The van der Waals surface area contributed by atoms with Crippen molar-refractivity contribution in [1.29, 1.82) is 0 Å². The summed E-state index contributed by atoms with van der Waals surface area (Å²) < 4.78 is 4.37. The number of rotatable bonds is 3. The molecule has 0 saturated heterocycles. The highest BCUT2D eigenvalue weighted by Crippen LogP contribution is 1.79. The summed E-state index contributed by atoms with van der Waals surface area (Å²) in [5, 5.41) is 8.09. The van der Waals surface area contributed by atoms with Crippen LogP contribution < -0.4 is 5.48 Å². The van der Waals surface area contributed by atoms with E-state index in [2.05, 4.69) is 16.6 Å². The lowest BCUT2D eigenvalue weighted by Gasteiger charge is -1.99. The van der Waals surface area contributed by atoms with Crippen molar-refractivity contribution in [2.24, 2.45) is 0 Å². The molecule has 4 nitrogen and oxygen atoms in total. The topological polar surface area (TPSA) is 58.6 Å². The molecule has 0 aromatic heterocycles. The van der Waals surface area contributed by atoms with E-state index < -0.39 is 5.97 Å². The summed E-state index contributed by atoms with van der Waals surface area (Å²) in [6, 6.07) is 0. The van der Waals surface area contributed by atoms with Crippen molar-refractivity contribution in [1.82, 2.24) is 5.48 Å². The van der Waals surface area contributed by atoms with E-state index in [4.69, 9.17) is 5.11 Å². The maximum atomic E-state index is 9.86. The van der Waals surface area contributed by atoms with Crippen LogP contribution >= 0.6 is 0 Å². The predicted molar refractivity (Wildman–Crippen MR) is 30.9 cm³/mol. The number of aliphatic carboxylic acids is 1. The number of hydroxylamine groups is 1. The summed E-state index contributed by atoms with van der Waals surface area (Å²) in [5.41, 5.74) is 1.97. The van der Waals surface area contributed by atoms with Crippen LogP contribution in [0.3, 0.4) is 0 Å². The van der Waals surface area contributed by atoms with Crippen LogP contribution in [0.1, 0.15) is 0 Å². The van der Waals surface area contributed by atoms with E-state index in [0.29, 0.717) is 10.5 Å². The summed E-state index contributed by atoms with van der Waals surface area (Å²) in [6.45, 7) is 3.13. The lowest BCUT2D eigenvalue weighted by molar-refractivity contribution is -0.133. The summed E-state index contributed by atoms with van der Waals surface area (Å²) in [4.78, 5) is 9.86. The Balaban J connectivity index is 3.49. The molecule has 0 heterocycles. The smallest absolute Gasteiger partial charge is 0.353 e. The zero-order valence-electron chi connectivity index (χ0n) is 4.47. The van der Waals surface area contributed by atoms with Gasteiger partial charge in [0.2, 0.25) is 0 Å². The highest BCUT2D eigenvalue weighted by molar-refractivity contribution is 5.98. The van der Waals surface area contributed by atoms with Crippen LogP contribution in [0.2, 0.25) is 0 Å². The second kappa shape index (κ2) is 3.22. The highest BCUT2D eigenvalue weighted by Gasteiger charge is 1.98. The third kappa shape index (κ3) is 2.38. The molecular weight excluding hydrogens is 126 g/mol. The zero-order chi connectivity index (χ0) is 6.57. The second-order valence-corrected chi connectivity index (χ2v) is 1.50. The molecule has 0 spiro atoms. The summed E-state index contributed by atoms with van der Waals surface area (Å²) in [5.74, 6) is -1.10. The number of carbonyl (C=O) groups is 1. The average Bonchev–Trinajstić information content (AvgIpc) is 1.67. The van der Waals surface area contributed by atoms with Gasteiger partial charge in [-0.1, -0.05) is 6.58 Å². The molecule has 0 aliphatic heterocycles. The summed E-state index contributed by atoms with van der Waals surface area (Å²) in [7, 11) is 0.447. The van der Waals surface area contributed by atoms with Gasteiger partial charge in [-0.2, -0.15) is 0 Å². The quantitative estimate of drug-likeness (QED) is 0.276. The van der Waals surface area contributed by atoms with Crippen molar-refractivity contribution >= 4 is 16.5 Å². The molecular formula is C3H7NO3Si. The summed E-state index contributed by atoms with van der Waals surface area (Å²) in [6.07, 6.45) is 0. The Morgan fingerprint density at radius 2 is 2.38 bits per heavy atom. The molecule has 0 aliphatic carbocycles. The van der Waals surface area contributed by atoms with Crippen molar-refractivity contribution in [2.45, 2.75) is 0 Å². The minimum Gasteiger partial charge on any atom is -0.477 e. The predicted octanol–water partition coefficient (Wildman–Crippen LogP) is -1.61. The molecule has 46 valence electrons. The zero-order valence-corrected chi connectivity index (χ0v) is 6.47. The summed E-state index contributed by atoms with van der Waals surface area (Å²) >= 11 is 0. The van der Waals surface area contributed by atoms with Gasteiger partial charge in [0.25, 0.3) is 0 Å². The van der Waals surface area contributed by atoms with Crippen molar-refractivity contribution < 1.29 is 14.4 Å². The molecule has 0 aliphatic rings. The third-order valence-electron chi connectivity index (χ3n) is 0.483. The molecule has 0 atom stereocenters. The maximum Gasteiger partial charge on any atom is 0.353 e. The van der Waals surface area contributed by atoms with E-state index in [1.165, 1.54) is 0 Å². The van der Waals surface area contributed by atoms with Gasteiger partial charge in [0, 0.05) is 0 Å². The van der Waals surface area contributed by atoms with Crippen LogP contribution in [-0.4, -0.2) is 21.6 Å². The molecule has 2 N–H and O–H groups in total. The molecule has 0 aromatic rings. The van der Waals surface area contributed by atoms with E-state index in [0.717, 1.165) is 0 Å². The van der Waals surface area contributed by atoms with Crippen LogP contribution in [0.5, 0.6) is 0 Å². The molecule has 0 bridgehead atoms. The van der Waals surface area contributed by atoms with Gasteiger partial charge in [0.05, 0.1) is 0 Å². The molecule has 0 fully saturated rings. The fourth-order valence-electron chi connectivity index (χ4n) is 0.167. The van der Waals surface area contributed by atoms with Gasteiger partial charge in [0.1, 0.15) is 5.70 Å². The fraction of sp³-hybridized carbons (Fsp3) is 0. The minimum atomic E-state index is -1.10. The largest absolute Gasteiger partial charge is 0.477 e. The average molecular weight is 133 g/mol. The van der Waals surface area contributed by atoms with E-state index in [-0.39, 0.29) is 5.70 Å². The number of nitrogens with one attached hydrogen (secondary N) is 1. The van der Waals surface area contributed by atoms with E-state index >= 15 is 0 Å². The van der Waals surface area contributed by atoms with Gasteiger partial charge in [-0.05, 0) is 0 Å². The fourth-order valence-corrected chi connectivity index (χ4v) is 0.413. The standard InChI is InChI=1S/C3H7NO3Si/c1-2(3(5)6)4-7-8/h4H,1H2,8H3,(H,5,6). The van der Waals surface area contributed by atoms with Gasteiger partial charge in [-0.25, -0.2) is 4.79 Å². The lowest BCUT2D eigenvalue weighted by atomic mass is 10.5. The van der Waals surface area contributed by atoms with Crippen LogP contribution in [0.25, 0.3) is 0 Å².